The Bertz CT molecular complexity index is 631. The largest absolute Gasteiger partial charge is 0.504 e. The van der Waals surface area contributed by atoms with Crippen LogP contribution < -0.4 is 4.74 Å². The molecule has 1 saturated carbocycles. The zero-order valence-corrected chi connectivity index (χ0v) is 13.2. The summed E-state index contributed by atoms with van der Waals surface area (Å²) in [5.74, 6) is 2.77. The van der Waals surface area contributed by atoms with Crippen molar-refractivity contribution in [2.75, 3.05) is 7.11 Å². The first-order valence-corrected chi connectivity index (χ1v) is 7.87. The second-order valence-corrected chi connectivity index (χ2v) is 5.86. The smallest absolute Gasteiger partial charge is 0.160 e. The summed E-state index contributed by atoms with van der Waals surface area (Å²) in [6, 6.07) is 10.3. The van der Waals surface area contributed by atoms with Crippen LogP contribution in [-0.4, -0.2) is 23.2 Å². The lowest BCUT2D eigenvalue weighted by molar-refractivity contribution is 0.223. The standard InChI is InChI=1S/C18H23NO3/c1-3-15-7-8-16(22-15)12-19(14-5-6-14)11-13-4-9-17(20)18(10-13)21-2/h4,7-10,14,20H,3,5-6,11-12H2,1-2H3. The van der Waals surface area contributed by atoms with Crippen molar-refractivity contribution in [2.45, 2.75) is 45.3 Å². The molecule has 4 heteroatoms. The van der Waals surface area contributed by atoms with Crippen LogP contribution in [0.4, 0.5) is 0 Å². The third kappa shape index (κ3) is 3.45. The van der Waals surface area contributed by atoms with E-state index in [0.717, 1.165) is 36.6 Å². The van der Waals surface area contributed by atoms with Gasteiger partial charge in [-0.25, -0.2) is 0 Å². The van der Waals surface area contributed by atoms with Crippen LogP contribution in [0.25, 0.3) is 0 Å². The lowest BCUT2D eigenvalue weighted by Gasteiger charge is -2.21. The van der Waals surface area contributed by atoms with Crippen molar-refractivity contribution in [3.8, 4) is 11.5 Å². The molecule has 1 heterocycles. The Kier molecular flexibility index (Phi) is 4.39. The first-order chi connectivity index (χ1) is 10.7. The fourth-order valence-electron chi connectivity index (χ4n) is 2.71. The van der Waals surface area contributed by atoms with E-state index in [1.165, 1.54) is 12.8 Å². The molecule has 1 aromatic heterocycles. The summed E-state index contributed by atoms with van der Waals surface area (Å²) in [6.45, 7) is 3.77. The van der Waals surface area contributed by atoms with E-state index in [4.69, 9.17) is 9.15 Å². The minimum Gasteiger partial charge on any atom is -0.504 e. The Labute approximate surface area is 131 Å². The van der Waals surface area contributed by atoms with Gasteiger partial charge in [-0.3, -0.25) is 4.90 Å². The number of aromatic hydroxyl groups is 1. The molecule has 2 aromatic rings. The zero-order chi connectivity index (χ0) is 15.5. The predicted molar refractivity (Wildman–Crippen MR) is 85.0 cm³/mol. The topological polar surface area (TPSA) is 45.8 Å². The van der Waals surface area contributed by atoms with Crippen molar-refractivity contribution in [3.05, 3.63) is 47.4 Å². The molecule has 1 fully saturated rings. The van der Waals surface area contributed by atoms with Gasteiger partial charge in [-0.15, -0.1) is 0 Å². The highest BCUT2D eigenvalue weighted by Gasteiger charge is 2.29. The molecule has 1 aliphatic rings. The molecule has 0 amide bonds. The van der Waals surface area contributed by atoms with Crippen molar-refractivity contribution >= 4 is 0 Å². The second kappa shape index (κ2) is 6.44. The van der Waals surface area contributed by atoms with Gasteiger partial charge in [0.1, 0.15) is 11.5 Å². The Morgan fingerprint density at radius 1 is 1.18 bits per heavy atom. The van der Waals surface area contributed by atoms with Crippen LogP contribution in [0, 0.1) is 0 Å². The Morgan fingerprint density at radius 3 is 2.59 bits per heavy atom. The monoisotopic (exact) mass is 301 g/mol. The summed E-state index contributed by atoms with van der Waals surface area (Å²) in [6.07, 6.45) is 3.42. The molecule has 0 aliphatic heterocycles. The molecule has 0 saturated heterocycles. The van der Waals surface area contributed by atoms with Crippen LogP contribution in [0.5, 0.6) is 11.5 Å². The van der Waals surface area contributed by atoms with E-state index in [9.17, 15) is 5.11 Å². The molecule has 0 bridgehead atoms. The third-order valence-electron chi connectivity index (χ3n) is 4.12. The first kappa shape index (κ1) is 15.0. The number of aryl methyl sites for hydroxylation is 1. The summed E-state index contributed by atoms with van der Waals surface area (Å²) in [4.78, 5) is 2.43. The van der Waals surface area contributed by atoms with Crippen LogP contribution in [0.15, 0.2) is 34.7 Å². The molecule has 0 unspecified atom stereocenters. The zero-order valence-electron chi connectivity index (χ0n) is 13.2. The van der Waals surface area contributed by atoms with Crippen molar-refractivity contribution in [1.29, 1.82) is 0 Å². The summed E-state index contributed by atoms with van der Waals surface area (Å²) in [5.41, 5.74) is 1.14. The van der Waals surface area contributed by atoms with E-state index < -0.39 is 0 Å². The lowest BCUT2D eigenvalue weighted by atomic mass is 10.2. The molecule has 118 valence electrons. The Hall–Kier alpha value is -1.94. The van der Waals surface area contributed by atoms with Gasteiger partial charge in [0, 0.05) is 19.0 Å². The van der Waals surface area contributed by atoms with Gasteiger partial charge in [-0.1, -0.05) is 13.0 Å². The summed E-state index contributed by atoms with van der Waals surface area (Å²) in [5, 5.41) is 9.70. The predicted octanol–water partition coefficient (Wildman–Crippen LogP) is 3.72. The van der Waals surface area contributed by atoms with Crippen LogP contribution in [0.1, 0.15) is 36.8 Å². The summed E-state index contributed by atoms with van der Waals surface area (Å²) < 4.78 is 11.0. The Balaban J connectivity index is 1.71. The van der Waals surface area contributed by atoms with Crippen molar-refractivity contribution in [3.63, 3.8) is 0 Å². The number of furan rings is 1. The highest BCUT2D eigenvalue weighted by Crippen LogP contribution is 2.32. The molecule has 1 N–H and O–H groups in total. The molecule has 22 heavy (non-hydrogen) atoms. The maximum Gasteiger partial charge on any atom is 0.160 e. The number of benzene rings is 1. The molecule has 0 atom stereocenters. The van der Waals surface area contributed by atoms with Gasteiger partial charge in [0.15, 0.2) is 11.5 Å². The first-order valence-electron chi connectivity index (χ1n) is 7.87. The van der Waals surface area contributed by atoms with E-state index in [-0.39, 0.29) is 5.75 Å². The van der Waals surface area contributed by atoms with E-state index in [1.54, 1.807) is 13.2 Å². The van der Waals surface area contributed by atoms with Gasteiger partial charge in [-0.05, 0) is 42.7 Å². The maximum absolute atomic E-state index is 9.70. The van der Waals surface area contributed by atoms with Gasteiger partial charge < -0.3 is 14.3 Å². The number of methoxy groups -OCH3 is 1. The molecule has 0 spiro atoms. The molecule has 1 aromatic carbocycles. The molecular formula is C18H23NO3. The quantitative estimate of drug-likeness (QED) is 0.846. The van der Waals surface area contributed by atoms with E-state index in [2.05, 4.69) is 24.0 Å². The van der Waals surface area contributed by atoms with Gasteiger partial charge in [0.2, 0.25) is 0 Å². The van der Waals surface area contributed by atoms with Crippen LogP contribution in [0.2, 0.25) is 0 Å². The van der Waals surface area contributed by atoms with Gasteiger partial charge in [0.05, 0.1) is 13.7 Å². The molecule has 3 rings (SSSR count). The number of rotatable bonds is 7. The fraction of sp³-hybridized carbons (Fsp3) is 0.444. The summed E-state index contributed by atoms with van der Waals surface area (Å²) >= 11 is 0. The van der Waals surface area contributed by atoms with Crippen molar-refractivity contribution < 1.29 is 14.3 Å². The number of phenolic OH excluding ortho intramolecular Hbond substituents is 1. The molecule has 4 nitrogen and oxygen atoms in total. The number of hydrogen-bond acceptors (Lipinski definition) is 4. The Morgan fingerprint density at radius 2 is 1.95 bits per heavy atom. The van der Waals surface area contributed by atoms with E-state index in [0.29, 0.717) is 11.8 Å². The molecule has 1 aliphatic carbocycles. The number of ether oxygens (including phenoxy) is 1. The molecule has 0 radical (unpaired) electrons. The average Bonchev–Trinajstić information content (AvgIpc) is 3.28. The van der Waals surface area contributed by atoms with E-state index >= 15 is 0 Å². The summed E-state index contributed by atoms with van der Waals surface area (Å²) in [7, 11) is 1.58. The van der Waals surface area contributed by atoms with Gasteiger partial charge >= 0.3 is 0 Å². The normalized spacial score (nSPS) is 14.5. The van der Waals surface area contributed by atoms with Gasteiger partial charge in [0.25, 0.3) is 0 Å². The minimum atomic E-state index is 0.183. The van der Waals surface area contributed by atoms with Crippen molar-refractivity contribution in [2.24, 2.45) is 0 Å². The lowest BCUT2D eigenvalue weighted by Crippen LogP contribution is -2.24. The second-order valence-electron chi connectivity index (χ2n) is 5.86. The van der Waals surface area contributed by atoms with Crippen molar-refractivity contribution in [1.82, 2.24) is 4.90 Å². The average molecular weight is 301 g/mol. The van der Waals surface area contributed by atoms with Crippen LogP contribution in [-0.2, 0) is 19.5 Å². The fourth-order valence-corrected chi connectivity index (χ4v) is 2.71. The SMILES string of the molecule is CCc1ccc(CN(Cc2ccc(O)c(OC)c2)C2CC2)o1. The number of hydrogen-bond donors (Lipinski definition) is 1. The number of phenols is 1. The van der Waals surface area contributed by atoms with Gasteiger partial charge in [-0.2, -0.15) is 0 Å². The van der Waals surface area contributed by atoms with E-state index in [1.807, 2.05) is 12.1 Å². The molecular weight excluding hydrogens is 278 g/mol. The van der Waals surface area contributed by atoms with Crippen LogP contribution in [0.3, 0.4) is 0 Å². The third-order valence-corrected chi connectivity index (χ3v) is 4.12. The highest BCUT2D eigenvalue weighted by molar-refractivity contribution is 5.41. The highest BCUT2D eigenvalue weighted by atomic mass is 16.5. The van der Waals surface area contributed by atoms with Crippen LogP contribution >= 0.6 is 0 Å². The maximum atomic E-state index is 9.70. The number of nitrogens with zero attached hydrogens (tertiary/aromatic N) is 1. The minimum absolute atomic E-state index is 0.183.